The Balaban J connectivity index is 1.38. The van der Waals surface area contributed by atoms with Crippen molar-refractivity contribution in [3.63, 3.8) is 0 Å². The van der Waals surface area contributed by atoms with Crippen molar-refractivity contribution in [1.82, 2.24) is 25.1 Å². The lowest BCUT2D eigenvalue weighted by atomic mass is 9.86. The molecule has 5 rings (SSSR count). The molecule has 1 aromatic carbocycles. The van der Waals surface area contributed by atoms with Gasteiger partial charge in [0.15, 0.2) is 5.82 Å². The minimum absolute atomic E-state index is 0.0860. The molecule has 128 valence electrons. The molecule has 3 aromatic rings. The fraction of sp³-hybridized carbons (Fsp3) is 0.421. The molecule has 2 N–H and O–H groups in total. The number of carbonyl (C=O) groups excluding carboxylic acids is 1. The van der Waals surface area contributed by atoms with E-state index in [4.69, 9.17) is 0 Å². The molecule has 25 heavy (non-hydrogen) atoms. The second-order valence-corrected chi connectivity index (χ2v) is 7.01. The number of H-pyrrole nitrogens is 1. The van der Waals surface area contributed by atoms with Crippen LogP contribution < -0.4 is 5.32 Å². The summed E-state index contributed by atoms with van der Waals surface area (Å²) in [7, 11) is 0. The van der Waals surface area contributed by atoms with Crippen LogP contribution in [0.15, 0.2) is 24.3 Å². The maximum atomic E-state index is 12.8. The molecule has 0 spiro atoms. The van der Waals surface area contributed by atoms with E-state index in [1.54, 1.807) is 0 Å². The van der Waals surface area contributed by atoms with Crippen molar-refractivity contribution < 1.29 is 4.79 Å². The van der Waals surface area contributed by atoms with E-state index < -0.39 is 0 Å². The first-order valence-electron chi connectivity index (χ1n) is 9.09. The largest absolute Gasteiger partial charge is 0.357 e. The summed E-state index contributed by atoms with van der Waals surface area (Å²) in [4.78, 5) is 16.3. The quantitative estimate of drug-likeness (QED) is 0.772. The summed E-state index contributed by atoms with van der Waals surface area (Å²) in [5, 5.41) is 12.8. The first-order chi connectivity index (χ1) is 12.3. The van der Waals surface area contributed by atoms with Gasteiger partial charge in [0, 0.05) is 29.6 Å². The van der Waals surface area contributed by atoms with Crippen LogP contribution in [0.4, 0.5) is 0 Å². The van der Waals surface area contributed by atoms with Gasteiger partial charge in [0.2, 0.25) is 5.91 Å². The highest BCUT2D eigenvalue weighted by molar-refractivity contribution is 5.90. The Morgan fingerprint density at radius 2 is 2.16 bits per heavy atom. The minimum atomic E-state index is -0.0999. The van der Waals surface area contributed by atoms with Crippen LogP contribution in [0.1, 0.15) is 48.1 Å². The van der Waals surface area contributed by atoms with E-state index in [2.05, 4.69) is 43.3 Å². The summed E-state index contributed by atoms with van der Waals surface area (Å²) in [5.74, 6) is 1.90. The molecule has 6 nitrogen and oxygen atoms in total. The van der Waals surface area contributed by atoms with Gasteiger partial charge in [-0.3, -0.25) is 4.79 Å². The predicted molar refractivity (Wildman–Crippen MR) is 94.2 cm³/mol. The second-order valence-electron chi connectivity index (χ2n) is 7.01. The van der Waals surface area contributed by atoms with Crippen LogP contribution >= 0.6 is 0 Å². The Hall–Kier alpha value is -2.63. The topological polar surface area (TPSA) is 75.6 Å². The number of nitrogens with zero attached hydrogens (tertiary/aromatic N) is 3. The van der Waals surface area contributed by atoms with Crippen LogP contribution in [-0.2, 0) is 30.7 Å². The van der Waals surface area contributed by atoms with Gasteiger partial charge in [-0.1, -0.05) is 18.2 Å². The molecule has 0 saturated carbocycles. The molecular weight excluding hydrogens is 314 g/mol. The van der Waals surface area contributed by atoms with Crippen molar-refractivity contribution >= 4 is 16.8 Å². The number of amides is 1. The third-order valence-corrected chi connectivity index (χ3v) is 5.54. The van der Waals surface area contributed by atoms with Crippen LogP contribution in [0.25, 0.3) is 10.9 Å². The molecule has 6 heteroatoms. The molecule has 1 unspecified atom stereocenters. The molecule has 0 radical (unpaired) electrons. The minimum Gasteiger partial charge on any atom is -0.357 e. The number of hydrogen-bond acceptors (Lipinski definition) is 3. The first-order valence-corrected chi connectivity index (χ1v) is 9.09. The summed E-state index contributed by atoms with van der Waals surface area (Å²) in [6.45, 7) is 1.42. The standard InChI is InChI=1S/C19H21N5O/c25-19(20-11-17-23-22-16-9-4-10-24(16)17)14-7-3-6-13-12-5-1-2-8-15(12)21-18(13)14/h1-2,5,8,14,21H,3-4,6-7,9-11H2,(H,20,25). The van der Waals surface area contributed by atoms with Crippen molar-refractivity contribution in [2.75, 3.05) is 0 Å². The molecular formula is C19H21N5O. The molecule has 0 bridgehead atoms. The molecule has 1 aliphatic carbocycles. The van der Waals surface area contributed by atoms with E-state index in [-0.39, 0.29) is 11.8 Å². The van der Waals surface area contributed by atoms with E-state index in [9.17, 15) is 4.79 Å². The molecule has 1 aliphatic heterocycles. The summed E-state index contributed by atoms with van der Waals surface area (Å²) in [6.07, 6.45) is 5.09. The van der Waals surface area contributed by atoms with Crippen LogP contribution in [0, 0.1) is 0 Å². The molecule has 1 amide bonds. The molecule has 2 aromatic heterocycles. The van der Waals surface area contributed by atoms with E-state index in [1.165, 1.54) is 10.9 Å². The zero-order valence-corrected chi connectivity index (χ0v) is 14.1. The van der Waals surface area contributed by atoms with E-state index in [0.717, 1.165) is 61.5 Å². The Morgan fingerprint density at radius 1 is 1.24 bits per heavy atom. The highest BCUT2D eigenvalue weighted by Crippen LogP contribution is 2.36. The number of hydrogen-bond donors (Lipinski definition) is 2. The fourth-order valence-corrected chi connectivity index (χ4v) is 4.31. The first kappa shape index (κ1) is 14.7. The normalized spacial score (nSPS) is 19.0. The maximum absolute atomic E-state index is 12.8. The maximum Gasteiger partial charge on any atom is 0.229 e. The Labute approximate surface area is 145 Å². The van der Waals surface area contributed by atoms with Crippen LogP contribution in [0.2, 0.25) is 0 Å². The van der Waals surface area contributed by atoms with E-state index in [0.29, 0.717) is 6.54 Å². The molecule has 0 fully saturated rings. The van der Waals surface area contributed by atoms with Gasteiger partial charge in [-0.2, -0.15) is 0 Å². The predicted octanol–water partition coefficient (Wildman–Crippen LogP) is 2.44. The average Bonchev–Trinajstić information content (AvgIpc) is 3.33. The molecule has 3 heterocycles. The Morgan fingerprint density at radius 3 is 3.12 bits per heavy atom. The fourth-order valence-electron chi connectivity index (χ4n) is 4.31. The van der Waals surface area contributed by atoms with Gasteiger partial charge < -0.3 is 14.9 Å². The zero-order chi connectivity index (χ0) is 16.8. The lowest BCUT2D eigenvalue weighted by molar-refractivity contribution is -0.123. The number of aromatic nitrogens is 4. The number of benzene rings is 1. The van der Waals surface area contributed by atoms with Gasteiger partial charge in [0.1, 0.15) is 5.82 Å². The number of aryl methyl sites for hydroxylation is 2. The van der Waals surface area contributed by atoms with Gasteiger partial charge in [0.05, 0.1) is 12.5 Å². The number of aromatic amines is 1. The summed E-state index contributed by atoms with van der Waals surface area (Å²) >= 11 is 0. The number of nitrogens with one attached hydrogen (secondary N) is 2. The van der Waals surface area contributed by atoms with Crippen LogP contribution in [0.5, 0.6) is 0 Å². The summed E-state index contributed by atoms with van der Waals surface area (Å²) < 4.78 is 2.13. The van der Waals surface area contributed by atoms with Gasteiger partial charge in [-0.15, -0.1) is 10.2 Å². The van der Waals surface area contributed by atoms with Crippen LogP contribution in [0.3, 0.4) is 0 Å². The van der Waals surface area contributed by atoms with Gasteiger partial charge in [-0.05, 0) is 37.3 Å². The summed E-state index contributed by atoms with van der Waals surface area (Å²) in [6, 6.07) is 8.32. The van der Waals surface area contributed by atoms with Crippen molar-refractivity contribution in [2.24, 2.45) is 0 Å². The van der Waals surface area contributed by atoms with Gasteiger partial charge in [-0.25, -0.2) is 0 Å². The monoisotopic (exact) mass is 335 g/mol. The van der Waals surface area contributed by atoms with Crippen molar-refractivity contribution in [3.05, 3.63) is 47.2 Å². The van der Waals surface area contributed by atoms with E-state index >= 15 is 0 Å². The third-order valence-electron chi connectivity index (χ3n) is 5.54. The lowest BCUT2D eigenvalue weighted by Crippen LogP contribution is -2.32. The Kier molecular flexibility index (Phi) is 3.36. The lowest BCUT2D eigenvalue weighted by Gasteiger charge is -2.22. The second kappa shape index (κ2) is 5.72. The number of fused-ring (bicyclic) bond motifs is 4. The Bertz CT molecular complexity index is 954. The number of rotatable bonds is 3. The van der Waals surface area contributed by atoms with Crippen molar-refractivity contribution in [1.29, 1.82) is 0 Å². The average molecular weight is 335 g/mol. The van der Waals surface area contributed by atoms with Crippen molar-refractivity contribution in [2.45, 2.75) is 51.1 Å². The van der Waals surface area contributed by atoms with Crippen LogP contribution in [-0.4, -0.2) is 25.7 Å². The molecule has 1 atom stereocenters. The highest BCUT2D eigenvalue weighted by atomic mass is 16.1. The number of carbonyl (C=O) groups is 1. The SMILES string of the molecule is O=C(NCc1nnc2n1CCC2)C1CCCc2c1[nH]c1ccccc21. The smallest absolute Gasteiger partial charge is 0.229 e. The third kappa shape index (κ3) is 2.35. The molecule has 2 aliphatic rings. The molecule has 0 saturated heterocycles. The summed E-state index contributed by atoms with van der Waals surface area (Å²) in [5.41, 5.74) is 3.53. The number of para-hydroxylation sites is 1. The van der Waals surface area contributed by atoms with Gasteiger partial charge >= 0.3 is 0 Å². The highest BCUT2D eigenvalue weighted by Gasteiger charge is 2.29. The van der Waals surface area contributed by atoms with E-state index in [1.807, 2.05) is 6.07 Å². The zero-order valence-electron chi connectivity index (χ0n) is 14.1. The van der Waals surface area contributed by atoms with Crippen molar-refractivity contribution in [3.8, 4) is 0 Å². The van der Waals surface area contributed by atoms with Gasteiger partial charge in [0.25, 0.3) is 0 Å².